The van der Waals surface area contributed by atoms with Crippen LogP contribution < -0.4 is 10.1 Å². The number of carbonyl (C=O) groups excluding carboxylic acids is 1. The van der Waals surface area contributed by atoms with Crippen LogP contribution in [0.3, 0.4) is 0 Å². The van der Waals surface area contributed by atoms with Crippen LogP contribution in [0.2, 0.25) is 0 Å². The molecule has 2 aromatic carbocycles. The van der Waals surface area contributed by atoms with Gasteiger partial charge >= 0.3 is 0 Å². The normalized spacial score (nSPS) is 10.6. The Balaban J connectivity index is 1.48. The summed E-state index contributed by atoms with van der Waals surface area (Å²) in [6.45, 7) is 2.18. The van der Waals surface area contributed by atoms with E-state index in [2.05, 4.69) is 15.5 Å². The lowest BCUT2D eigenvalue weighted by molar-refractivity contribution is -0.113. The fourth-order valence-corrected chi connectivity index (χ4v) is 3.40. The average molecular weight is 402 g/mol. The quantitative estimate of drug-likeness (QED) is 0.560. The molecule has 8 heteroatoms. The molecular weight excluding hydrogens is 382 g/mol. The summed E-state index contributed by atoms with van der Waals surface area (Å²) < 4.78 is 11.1. The minimum Gasteiger partial charge on any atom is -0.484 e. The van der Waals surface area contributed by atoms with E-state index in [4.69, 9.17) is 9.15 Å². The summed E-state index contributed by atoms with van der Waals surface area (Å²) in [6, 6.07) is 15.4. The Kier molecular flexibility index (Phi) is 6.78. The van der Waals surface area contributed by atoms with Crippen molar-refractivity contribution in [3.63, 3.8) is 0 Å². The number of thioether (sulfide) groups is 2. The molecule has 0 saturated heterocycles. The van der Waals surface area contributed by atoms with E-state index in [-0.39, 0.29) is 18.3 Å². The van der Waals surface area contributed by atoms with E-state index in [1.54, 1.807) is 11.8 Å². The maximum Gasteiger partial charge on any atom is 0.277 e. The van der Waals surface area contributed by atoms with Crippen molar-refractivity contribution < 1.29 is 13.9 Å². The topological polar surface area (TPSA) is 77.2 Å². The van der Waals surface area contributed by atoms with Gasteiger partial charge in [-0.3, -0.25) is 4.79 Å². The van der Waals surface area contributed by atoms with Crippen LogP contribution in [0.25, 0.3) is 0 Å². The van der Waals surface area contributed by atoms with Gasteiger partial charge in [-0.1, -0.05) is 36.0 Å². The van der Waals surface area contributed by atoms with Crippen molar-refractivity contribution >= 4 is 35.1 Å². The van der Waals surface area contributed by atoms with Crippen LogP contribution in [-0.2, 0) is 11.4 Å². The highest BCUT2D eigenvalue weighted by atomic mass is 32.2. The van der Waals surface area contributed by atoms with Gasteiger partial charge in [0.25, 0.3) is 11.1 Å². The lowest BCUT2D eigenvalue weighted by Crippen LogP contribution is -2.14. The number of nitrogens with zero attached hydrogens (tertiary/aromatic N) is 2. The molecular formula is C19H19N3O3S2. The molecule has 6 nitrogen and oxygen atoms in total. The number of amides is 1. The molecule has 1 amide bonds. The fraction of sp³-hybridized carbons (Fsp3) is 0.211. The molecule has 0 atom stereocenters. The molecule has 3 rings (SSSR count). The second kappa shape index (κ2) is 9.48. The molecule has 0 aliphatic heterocycles. The smallest absolute Gasteiger partial charge is 0.277 e. The standard InChI is InChI=1S/C19H19N3O3S2/c1-13-6-5-7-14(10-13)24-11-18-21-22-19(25-18)27-12-17(23)20-15-8-3-4-9-16(15)26-2/h3-10H,11-12H2,1-2H3,(H,20,23). The van der Waals surface area contributed by atoms with E-state index in [1.165, 1.54) is 11.8 Å². The molecule has 140 valence electrons. The minimum absolute atomic E-state index is 0.128. The second-order valence-electron chi connectivity index (χ2n) is 5.60. The number of hydrogen-bond donors (Lipinski definition) is 1. The summed E-state index contributed by atoms with van der Waals surface area (Å²) in [7, 11) is 0. The highest BCUT2D eigenvalue weighted by Gasteiger charge is 2.11. The fourth-order valence-electron chi connectivity index (χ4n) is 2.27. The number of aromatic nitrogens is 2. The summed E-state index contributed by atoms with van der Waals surface area (Å²) in [5.41, 5.74) is 1.91. The number of anilines is 1. The molecule has 0 aliphatic carbocycles. The SMILES string of the molecule is CSc1ccccc1NC(=O)CSc1nnc(COc2cccc(C)c2)o1. The predicted octanol–water partition coefficient (Wildman–Crippen LogP) is 4.41. The van der Waals surface area contributed by atoms with Gasteiger partial charge in [-0.05, 0) is 43.0 Å². The zero-order valence-electron chi connectivity index (χ0n) is 15.0. The number of benzene rings is 2. The maximum atomic E-state index is 12.1. The molecule has 0 spiro atoms. The molecule has 0 unspecified atom stereocenters. The van der Waals surface area contributed by atoms with Crippen LogP contribution >= 0.6 is 23.5 Å². The summed E-state index contributed by atoms with van der Waals surface area (Å²) in [5, 5.41) is 11.1. The van der Waals surface area contributed by atoms with Gasteiger partial charge in [0.1, 0.15) is 5.75 Å². The molecule has 3 aromatic rings. The van der Waals surface area contributed by atoms with E-state index >= 15 is 0 Å². The van der Waals surface area contributed by atoms with Gasteiger partial charge in [0.05, 0.1) is 11.4 Å². The van der Waals surface area contributed by atoms with Gasteiger partial charge in [-0.2, -0.15) is 0 Å². The lowest BCUT2D eigenvalue weighted by atomic mass is 10.2. The highest BCUT2D eigenvalue weighted by molar-refractivity contribution is 7.99. The lowest BCUT2D eigenvalue weighted by Gasteiger charge is -2.08. The summed E-state index contributed by atoms with van der Waals surface area (Å²) in [5.74, 6) is 1.17. The zero-order valence-corrected chi connectivity index (χ0v) is 16.6. The molecule has 1 heterocycles. The number of para-hydroxylation sites is 1. The third kappa shape index (κ3) is 5.77. The van der Waals surface area contributed by atoms with Gasteiger partial charge in [-0.15, -0.1) is 22.0 Å². The number of aryl methyl sites for hydroxylation is 1. The van der Waals surface area contributed by atoms with E-state index in [0.29, 0.717) is 11.1 Å². The summed E-state index contributed by atoms with van der Waals surface area (Å²) in [6.07, 6.45) is 1.97. The third-order valence-electron chi connectivity index (χ3n) is 3.51. The van der Waals surface area contributed by atoms with Crippen molar-refractivity contribution in [2.45, 2.75) is 23.6 Å². The van der Waals surface area contributed by atoms with Crippen LogP contribution in [-0.4, -0.2) is 28.1 Å². The van der Waals surface area contributed by atoms with Gasteiger partial charge in [0.2, 0.25) is 5.91 Å². The first-order chi connectivity index (χ1) is 13.1. The molecule has 27 heavy (non-hydrogen) atoms. The van der Waals surface area contributed by atoms with Crippen molar-refractivity contribution in [3.05, 3.63) is 60.0 Å². The first kappa shape index (κ1) is 19.3. The molecule has 1 N–H and O–H groups in total. The monoisotopic (exact) mass is 401 g/mol. The van der Waals surface area contributed by atoms with Crippen LogP contribution in [0.5, 0.6) is 5.75 Å². The van der Waals surface area contributed by atoms with E-state index in [0.717, 1.165) is 21.9 Å². The molecule has 0 saturated carbocycles. The molecule has 0 radical (unpaired) electrons. The zero-order chi connectivity index (χ0) is 19.1. The van der Waals surface area contributed by atoms with Gasteiger partial charge in [-0.25, -0.2) is 0 Å². The van der Waals surface area contributed by atoms with E-state index < -0.39 is 0 Å². The maximum absolute atomic E-state index is 12.1. The van der Waals surface area contributed by atoms with Crippen LogP contribution in [0.4, 0.5) is 5.69 Å². The number of carbonyl (C=O) groups is 1. The number of ether oxygens (including phenoxy) is 1. The van der Waals surface area contributed by atoms with Crippen molar-refractivity contribution in [2.75, 3.05) is 17.3 Å². The number of rotatable bonds is 8. The summed E-state index contributed by atoms with van der Waals surface area (Å²) >= 11 is 2.77. The van der Waals surface area contributed by atoms with Gasteiger partial charge in [0, 0.05) is 4.90 Å². The Morgan fingerprint density at radius 2 is 2.04 bits per heavy atom. The number of hydrogen-bond acceptors (Lipinski definition) is 7. The summed E-state index contributed by atoms with van der Waals surface area (Å²) in [4.78, 5) is 13.2. The molecule has 0 fully saturated rings. The average Bonchev–Trinajstić information content (AvgIpc) is 3.13. The first-order valence-electron chi connectivity index (χ1n) is 8.21. The number of nitrogens with one attached hydrogen (secondary N) is 1. The van der Waals surface area contributed by atoms with Crippen molar-refractivity contribution in [3.8, 4) is 5.75 Å². The van der Waals surface area contributed by atoms with Crippen LogP contribution in [0.15, 0.2) is 63.1 Å². The first-order valence-corrected chi connectivity index (χ1v) is 10.4. The van der Waals surface area contributed by atoms with Crippen molar-refractivity contribution in [1.82, 2.24) is 10.2 Å². The highest BCUT2D eigenvalue weighted by Crippen LogP contribution is 2.25. The molecule has 1 aromatic heterocycles. The Bertz CT molecular complexity index is 914. The van der Waals surface area contributed by atoms with E-state index in [1.807, 2.05) is 61.7 Å². The predicted molar refractivity (Wildman–Crippen MR) is 107 cm³/mol. The Hall–Kier alpha value is -2.45. The van der Waals surface area contributed by atoms with E-state index in [9.17, 15) is 4.79 Å². The second-order valence-corrected chi connectivity index (χ2v) is 7.38. The van der Waals surface area contributed by atoms with Gasteiger partial charge < -0.3 is 14.5 Å². The Morgan fingerprint density at radius 1 is 1.19 bits per heavy atom. The van der Waals surface area contributed by atoms with Crippen LogP contribution in [0.1, 0.15) is 11.5 Å². The van der Waals surface area contributed by atoms with Gasteiger partial charge in [0.15, 0.2) is 6.61 Å². The minimum atomic E-state index is -0.128. The van der Waals surface area contributed by atoms with Crippen molar-refractivity contribution in [2.24, 2.45) is 0 Å². The van der Waals surface area contributed by atoms with Crippen molar-refractivity contribution in [1.29, 1.82) is 0 Å². The Morgan fingerprint density at radius 3 is 2.85 bits per heavy atom. The largest absolute Gasteiger partial charge is 0.484 e. The Labute approximate surface area is 166 Å². The van der Waals surface area contributed by atoms with Crippen LogP contribution in [0, 0.1) is 6.92 Å². The molecule has 0 aliphatic rings. The molecule has 0 bridgehead atoms. The third-order valence-corrected chi connectivity index (χ3v) is 5.12.